The molecule has 0 fully saturated rings. The Kier molecular flexibility index (Phi) is 4.70. The third kappa shape index (κ3) is 2.92. The first kappa shape index (κ1) is 12.4. The van der Waals surface area contributed by atoms with Crippen molar-refractivity contribution in [1.29, 1.82) is 0 Å². The Balaban J connectivity index is 0.000000606. The molecule has 0 saturated carbocycles. The number of hydrogen-bond donors (Lipinski definition) is 0. The molecule has 0 unspecified atom stereocenters. The molecule has 0 N–H and O–H groups in total. The van der Waals surface area contributed by atoms with E-state index < -0.39 is 0 Å². The number of nitrogens with zero attached hydrogens (tertiary/aromatic N) is 3. The van der Waals surface area contributed by atoms with Crippen LogP contribution in [0.3, 0.4) is 0 Å². The average Bonchev–Trinajstić information content (AvgIpc) is 2.79. The highest BCUT2D eigenvalue weighted by Gasteiger charge is 1.98. The Morgan fingerprint density at radius 3 is 2.19 bits per heavy atom. The summed E-state index contributed by atoms with van der Waals surface area (Å²) in [4.78, 5) is 4.09. The summed E-state index contributed by atoms with van der Waals surface area (Å²) >= 11 is 0. The van der Waals surface area contributed by atoms with Crippen molar-refractivity contribution < 1.29 is 0 Å². The summed E-state index contributed by atoms with van der Waals surface area (Å²) in [7, 11) is 0. The van der Waals surface area contributed by atoms with Gasteiger partial charge in [-0.05, 0) is 31.0 Å². The molecular formula is C13H19N3. The van der Waals surface area contributed by atoms with Crippen molar-refractivity contribution in [2.24, 2.45) is 0 Å². The lowest BCUT2D eigenvalue weighted by Gasteiger charge is -2.01. The number of aryl methyl sites for hydroxylation is 2. The van der Waals surface area contributed by atoms with Crippen LogP contribution in [-0.4, -0.2) is 14.8 Å². The molecule has 1 heterocycles. The van der Waals surface area contributed by atoms with Crippen LogP contribution >= 0.6 is 0 Å². The molecule has 1 aromatic carbocycles. The first-order chi connectivity index (χ1) is 7.79. The molecule has 0 atom stereocenters. The maximum Gasteiger partial charge on any atom is 0.147 e. The lowest BCUT2D eigenvalue weighted by molar-refractivity contribution is 0.861. The van der Waals surface area contributed by atoms with Crippen LogP contribution in [0.4, 0.5) is 0 Å². The second kappa shape index (κ2) is 6.05. The van der Waals surface area contributed by atoms with Gasteiger partial charge in [-0.15, -0.1) is 0 Å². The number of benzene rings is 1. The topological polar surface area (TPSA) is 30.7 Å². The highest BCUT2D eigenvalue weighted by atomic mass is 15.3. The smallest absolute Gasteiger partial charge is 0.147 e. The molecule has 3 heteroatoms. The molecule has 2 aromatic rings. The standard InChI is InChI=1S/C11H13N3.C2H6/c1-3-10-4-6-11(7-5-10)14-8-12-9(2)13-14;1-2/h4-8H,3H2,1-2H3;1-2H3. The van der Waals surface area contributed by atoms with Crippen LogP contribution in [0.5, 0.6) is 0 Å². The minimum absolute atomic E-state index is 0.796. The number of rotatable bonds is 2. The maximum atomic E-state index is 4.24. The molecule has 0 aliphatic carbocycles. The average molecular weight is 217 g/mol. The van der Waals surface area contributed by atoms with Gasteiger partial charge in [0.15, 0.2) is 0 Å². The van der Waals surface area contributed by atoms with E-state index in [4.69, 9.17) is 0 Å². The van der Waals surface area contributed by atoms with Crippen molar-refractivity contribution in [3.05, 3.63) is 42.0 Å². The molecule has 0 spiro atoms. The summed E-state index contributed by atoms with van der Waals surface area (Å²) in [5, 5.41) is 4.24. The molecule has 0 aliphatic heterocycles. The third-order valence-electron chi connectivity index (χ3n) is 2.22. The van der Waals surface area contributed by atoms with Crippen LogP contribution in [0.1, 0.15) is 32.2 Å². The van der Waals surface area contributed by atoms with E-state index in [0.717, 1.165) is 17.9 Å². The van der Waals surface area contributed by atoms with E-state index in [-0.39, 0.29) is 0 Å². The summed E-state index contributed by atoms with van der Waals surface area (Å²) in [6, 6.07) is 8.36. The Hall–Kier alpha value is -1.64. The van der Waals surface area contributed by atoms with Crippen LogP contribution < -0.4 is 0 Å². The number of aromatic nitrogens is 3. The predicted octanol–water partition coefficient (Wildman–Crippen LogP) is 3.16. The van der Waals surface area contributed by atoms with Crippen LogP contribution in [0.25, 0.3) is 5.69 Å². The van der Waals surface area contributed by atoms with Gasteiger partial charge in [0.05, 0.1) is 5.69 Å². The quantitative estimate of drug-likeness (QED) is 0.773. The highest BCUT2D eigenvalue weighted by molar-refractivity contribution is 5.33. The molecule has 3 nitrogen and oxygen atoms in total. The maximum absolute atomic E-state index is 4.24. The van der Waals surface area contributed by atoms with E-state index in [1.54, 1.807) is 11.0 Å². The first-order valence-corrected chi connectivity index (χ1v) is 5.77. The van der Waals surface area contributed by atoms with Crippen LogP contribution in [0.15, 0.2) is 30.6 Å². The zero-order chi connectivity index (χ0) is 12.0. The van der Waals surface area contributed by atoms with Crippen molar-refractivity contribution in [3.63, 3.8) is 0 Å². The first-order valence-electron chi connectivity index (χ1n) is 5.77. The summed E-state index contributed by atoms with van der Waals surface area (Å²) in [6.45, 7) is 8.03. The van der Waals surface area contributed by atoms with Gasteiger partial charge in [0.25, 0.3) is 0 Å². The van der Waals surface area contributed by atoms with Crippen molar-refractivity contribution in [2.75, 3.05) is 0 Å². The normalized spacial score (nSPS) is 9.50. The van der Waals surface area contributed by atoms with Gasteiger partial charge < -0.3 is 0 Å². The van der Waals surface area contributed by atoms with E-state index in [0.29, 0.717) is 0 Å². The Bertz CT molecular complexity index is 415. The lowest BCUT2D eigenvalue weighted by Crippen LogP contribution is -1.94. The molecule has 0 saturated heterocycles. The van der Waals surface area contributed by atoms with Gasteiger partial charge in [-0.1, -0.05) is 32.9 Å². The predicted molar refractivity (Wildman–Crippen MR) is 66.8 cm³/mol. The van der Waals surface area contributed by atoms with Crippen molar-refractivity contribution in [1.82, 2.24) is 14.8 Å². The summed E-state index contributed by atoms with van der Waals surface area (Å²) in [5.74, 6) is 0.796. The van der Waals surface area contributed by atoms with Crippen LogP contribution in [0, 0.1) is 6.92 Å². The van der Waals surface area contributed by atoms with E-state index >= 15 is 0 Å². The van der Waals surface area contributed by atoms with Gasteiger partial charge in [0.1, 0.15) is 12.2 Å². The van der Waals surface area contributed by atoms with Crippen LogP contribution in [0.2, 0.25) is 0 Å². The monoisotopic (exact) mass is 217 g/mol. The Morgan fingerprint density at radius 2 is 1.75 bits per heavy atom. The molecule has 0 aliphatic rings. The molecule has 0 amide bonds. The molecule has 0 radical (unpaired) electrons. The zero-order valence-corrected chi connectivity index (χ0v) is 10.4. The Morgan fingerprint density at radius 1 is 1.12 bits per heavy atom. The molecule has 2 rings (SSSR count). The van der Waals surface area contributed by atoms with E-state index in [1.807, 2.05) is 20.8 Å². The fourth-order valence-electron chi connectivity index (χ4n) is 1.35. The van der Waals surface area contributed by atoms with Gasteiger partial charge in [-0.3, -0.25) is 0 Å². The highest BCUT2D eigenvalue weighted by Crippen LogP contribution is 2.08. The SMILES string of the molecule is CC.CCc1ccc(-n2cnc(C)n2)cc1. The van der Waals surface area contributed by atoms with E-state index in [2.05, 4.69) is 41.3 Å². The summed E-state index contributed by atoms with van der Waals surface area (Å²) < 4.78 is 1.79. The zero-order valence-electron chi connectivity index (χ0n) is 10.4. The van der Waals surface area contributed by atoms with Gasteiger partial charge in [-0.25, -0.2) is 9.67 Å². The van der Waals surface area contributed by atoms with Crippen molar-refractivity contribution in [3.8, 4) is 5.69 Å². The molecule has 86 valence electrons. The fraction of sp³-hybridized carbons (Fsp3) is 0.385. The molecular weight excluding hydrogens is 198 g/mol. The largest absolute Gasteiger partial charge is 0.221 e. The van der Waals surface area contributed by atoms with E-state index in [1.165, 1.54) is 5.56 Å². The number of hydrogen-bond acceptors (Lipinski definition) is 2. The van der Waals surface area contributed by atoms with Gasteiger partial charge in [0, 0.05) is 0 Å². The fourth-order valence-corrected chi connectivity index (χ4v) is 1.35. The van der Waals surface area contributed by atoms with Crippen molar-refractivity contribution >= 4 is 0 Å². The lowest BCUT2D eigenvalue weighted by atomic mass is 10.1. The summed E-state index contributed by atoms with van der Waals surface area (Å²) in [5.41, 5.74) is 2.40. The summed E-state index contributed by atoms with van der Waals surface area (Å²) in [6.07, 6.45) is 2.80. The van der Waals surface area contributed by atoms with Gasteiger partial charge >= 0.3 is 0 Å². The van der Waals surface area contributed by atoms with Gasteiger partial charge in [-0.2, -0.15) is 5.10 Å². The molecule has 1 aromatic heterocycles. The minimum atomic E-state index is 0.796. The minimum Gasteiger partial charge on any atom is -0.221 e. The Labute approximate surface area is 97.1 Å². The molecule has 0 bridgehead atoms. The molecule has 16 heavy (non-hydrogen) atoms. The van der Waals surface area contributed by atoms with Crippen LogP contribution in [-0.2, 0) is 6.42 Å². The second-order valence-corrected chi connectivity index (χ2v) is 3.26. The third-order valence-corrected chi connectivity index (χ3v) is 2.22. The van der Waals surface area contributed by atoms with Crippen molar-refractivity contribution in [2.45, 2.75) is 34.1 Å². The van der Waals surface area contributed by atoms with Gasteiger partial charge in [0.2, 0.25) is 0 Å². The van der Waals surface area contributed by atoms with E-state index in [9.17, 15) is 0 Å². The second-order valence-electron chi connectivity index (χ2n) is 3.26.